The lowest BCUT2D eigenvalue weighted by Crippen LogP contribution is -2.73. The second-order valence-corrected chi connectivity index (χ2v) is 11.9. The Morgan fingerprint density at radius 1 is 0.931 bits per heavy atom. The van der Waals surface area contributed by atoms with Gasteiger partial charge in [0, 0.05) is 23.7 Å². The van der Waals surface area contributed by atoms with Gasteiger partial charge in [-0.15, -0.1) is 0 Å². The van der Waals surface area contributed by atoms with Gasteiger partial charge in [0.15, 0.2) is 0 Å². The molecule has 0 radical (unpaired) electrons. The molecule has 0 amide bonds. The largest absolute Gasteiger partial charge is 0.393 e. The van der Waals surface area contributed by atoms with Crippen LogP contribution in [0.25, 0.3) is 0 Å². The van der Waals surface area contributed by atoms with E-state index in [1.54, 1.807) is 0 Å². The van der Waals surface area contributed by atoms with Gasteiger partial charge in [-0.1, -0.05) is 52.8 Å². The molecule has 2 heterocycles. The topological polar surface area (TPSA) is 38.7 Å². The Labute approximate surface area is 176 Å². The highest BCUT2D eigenvalue weighted by Gasteiger charge is 2.74. The number of hydrogen-bond donors (Lipinski definition) is 1. The Morgan fingerprint density at radius 3 is 2.41 bits per heavy atom. The summed E-state index contributed by atoms with van der Waals surface area (Å²) in [5.41, 5.74) is -0.341. The van der Waals surface area contributed by atoms with Crippen LogP contribution in [0.15, 0.2) is 24.3 Å². The summed E-state index contributed by atoms with van der Waals surface area (Å²) in [4.78, 5) is 12.7. The first kappa shape index (κ1) is 20.3. The third-order valence-electron chi connectivity index (χ3n) is 10.1. The minimum atomic E-state index is -0.434. The van der Waals surface area contributed by atoms with Crippen LogP contribution in [0.3, 0.4) is 0 Å². The van der Waals surface area contributed by atoms with Gasteiger partial charge >= 0.3 is 0 Å². The minimum absolute atomic E-state index is 0.0712. The van der Waals surface area contributed by atoms with Crippen molar-refractivity contribution >= 4 is 0 Å². The Bertz CT molecular complexity index is 727. The van der Waals surface area contributed by atoms with Crippen LogP contribution in [-0.4, -0.2) is 22.4 Å². The van der Waals surface area contributed by atoms with E-state index in [9.17, 15) is 5.11 Å². The molecule has 1 N–H and O–H groups in total. The molecule has 0 aromatic rings. The van der Waals surface area contributed by atoms with Gasteiger partial charge < -0.3 is 5.11 Å². The Balaban J connectivity index is 1.50. The van der Waals surface area contributed by atoms with Gasteiger partial charge in [-0.2, -0.15) is 0 Å². The van der Waals surface area contributed by atoms with Crippen molar-refractivity contribution in [3.8, 4) is 0 Å². The van der Waals surface area contributed by atoms with E-state index in [0.717, 1.165) is 12.8 Å². The van der Waals surface area contributed by atoms with E-state index in [4.69, 9.17) is 9.78 Å². The van der Waals surface area contributed by atoms with E-state index >= 15 is 0 Å². The fourth-order valence-electron chi connectivity index (χ4n) is 8.54. The quantitative estimate of drug-likeness (QED) is 0.478. The van der Waals surface area contributed by atoms with E-state index in [0.29, 0.717) is 41.4 Å². The molecule has 2 aliphatic heterocycles. The van der Waals surface area contributed by atoms with E-state index < -0.39 is 5.60 Å². The maximum atomic E-state index is 10.4. The molecule has 0 unspecified atom stereocenters. The highest BCUT2D eigenvalue weighted by Crippen LogP contribution is 2.72. The molecule has 0 aromatic heterocycles. The van der Waals surface area contributed by atoms with Gasteiger partial charge in [0.2, 0.25) is 0 Å². The summed E-state index contributed by atoms with van der Waals surface area (Å²) < 4.78 is 0. The highest BCUT2D eigenvalue weighted by molar-refractivity contribution is 5.33. The van der Waals surface area contributed by atoms with Crippen molar-refractivity contribution < 1.29 is 14.9 Å². The Hall–Kier alpha value is -0.640. The van der Waals surface area contributed by atoms with Crippen molar-refractivity contribution in [2.75, 3.05) is 0 Å². The van der Waals surface area contributed by atoms with Crippen LogP contribution in [-0.2, 0) is 9.78 Å². The fourth-order valence-corrected chi connectivity index (χ4v) is 8.54. The number of aliphatic hydroxyl groups is 1. The third-order valence-corrected chi connectivity index (χ3v) is 10.1. The summed E-state index contributed by atoms with van der Waals surface area (Å²) in [5.74, 6) is 2.95. The summed E-state index contributed by atoms with van der Waals surface area (Å²) in [6.07, 6.45) is 16.9. The molecule has 2 spiro atoms. The van der Waals surface area contributed by atoms with E-state index in [1.807, 2.05) is 0 Å². The van der Waals surface area contributed by atoms with Crippen molar-refractivity contribution in [1.82, 2.24) is 0 Å². The first-order chi connectivity index (χ1) is 13.7. The second kappa shape index (κ2) is 6.43. The monoisotopic (exact) mass is 400 g/mol. The number of rotatable bonds is 3. The molecule has 3 heteroatoms. The maximum absolute atomic E-state index is 10.4. The zero-order valence-corrected chi connectivity index (χ0v) is 19.0. The lowest BCUT2D eigenvalue weighted by molar-refractivity contribution is -0.497. The number of allylic oxidation sites excluding steroid dienone is 2. The third kappa shape index (κ3) is 2.53. The normalized spacial score (nSPS) is 54.4. The first-order valence-corrected chi connectivity index (χ1v) is 12.1. The van der Waals surface area contributed by atoms with Crippen LogP contribution < -0.4 is 0 Å². The van der Waals surface area contributed by atoms with E-state index in [-0.39, 0.29) is 17.1 Å². The van der Waals surface area contributed by atoms with Crippen molar-refractivity contribution in [3.63, 3.8) is 0 Å². The van der Waals surface area contributed by atoms with Crippen molar-refractivity contribution in [3.05, 3.63) is 24.3 Å². The van der Waals surface area contributed by atoms with Gasteiger partial charge in [-0.3, -0.25) is 0 Å². The molecule has 3 saturated carbocycles. The fraction of sp³-hybridized carbons (Fsp3) is 0.846. The molecule has 162 valence electrons. The van der Waals surface area contributed by atoms with Crippen LogP contribution in [0.2, 0.25) is 0 Å². The zero-order valence-electron chi connectivity index (χ0n) is 19.0. The van der Waals surface area contributed by atoms with E-state index in [2.05, 4.69) is 58.9 Å². The average molecular weight is 401 g/mol. The van der Waals surface area contributed by atoms with Gasteiger partial charge in [-0.05, 0) is 67.8 Å². The number of hydrogen-bond acceptors (Lipinski definition) is 3. The smallest absolute Gasteiger partial charge is 0.130 e. The average Bonchev–Trinajstić information content (AvgIpc) is 3.04. The zero-order chi connectivity index (χ0) is 20.7. The molecule has 6 rings (SSSR count). The molecule has 1 saturated heterocycles. The van der Waals surface area contributed by atoms with Crippen LogP contribution >= 0.6 is 0 Å². The first-order valence-electron chi connectivity index (χ1n) is 12.1. The molecular formula is C26H40O3. The van der Waals surface area contributed by atoms with Crippen LogP contribution in [0, 0.1) is 40.4 Å². The van der Waals surface area contributed by atoms with Gasteiger partial charge in [0.05, 0.1) is 6.10 Å². The molecular weight excluding hydrogens is 360 g/mol. The molecule has 4 fully saturated rings. The van der Waals surface area contributed by atoms with Crippen molar-refractivity contribution in [2.45, 2.75) is 96.9 Å². The van der Waals surface area contributed by atoms with Gasteiger partial charge in [-0.25, -0.2) is 9.78 Å². The summed E-state index contributed by atoms with van der Waals surface area (Å²) in [5, 5.41) is 10.4. The molecule has 2 bridgehead atoms. The van der Waals surface area contributed by atoms with Crippen LogP contribution in [0.5, 0.6) is 0 Å². The summed E-state index contributed by atoms with van der Waals surface area (Å²) in [6, 6.07) is 0. The molecule has 9 atom stereocenters. The predicted molar refractivity (Wildman–Crippen MR) is 115 cm³/mol. The number of fused-ring (bicyclic) bond motifs is 2. The van der Waals surface area contributed by atoms with Gasteiger partial charge in [0.1, 0.15) is 11.2 Å². The SMILES string of the molecule is CC(C)/C=C/[C@@H](C)[C@H]1CC[C@H]2[C@]1(C)CC[C@H]1[C@]23C=C[C@]2(C[C@@H](O)CC[C@]12C)OO3. The Kier molecular flexibility index (Phi) is 4.50. The van der Waals surface area contributed by atoms with Crippen LogP contribution in [0.4, 0.5) is 0 Å². The molecule has 3 nitrogen and oxygen atoms in total. The lowest BCUT2D eigenvalue weighted by atomic mass is 9.43. The maximum Gasteiger partial charge on any atom is 0.130 e. The summed E-state index contributed by atoms with van der Waals surface area (Å²) >= 11 is 0. The van der Waals surface area contributed by atoms with E-state index in [1.165, 1.54) is 25.7 Å². The summed E-state index contributed by atoms with van der Waals surface area (Å²) in [7, 11) is 0. The molecule has 6 aliphatic rings. The minimum Gasteiger partial charge on any atom is -0.393 e. The standard InChI is InChI=1S/C26H40O3/c1-17(2)6-7-18(3)20-8-9-21-23(20,4)12-11-22-24(5)13-10-19(27)16-25(24)14-15-26(21,22)29-28-25/h6-7,14-15,17-22,27H,8-13,16H2,1-5H3/b7-6+/t18-,19+,20-,21+,22-,23-,24-,25-,26+/m1/s1. The molecule has 29 heavy (non-hydrogen) atoms. The predicted octanol–water partition coefficient (Wildman–Crippen LogP) is 5.84. The van der Waals surface area contributed by atoms with Gasteiger partial charge in [0.25, 0.3) is 0 Å². The number of aliphatic hydroxyl groups excluding tert-OH is 1. The molecule has 0 aromatic carbocycles. The van der Waals surface area contributed by atoms with Crippen molar-refractivity contribution in [2.24, 2.45) is 40.4 Å². The van der Waals surface area contributed by atoms with Crippen molar-refractivity contribution in [1.29, 1.82) is 0 Å². The highest BCUT2D eigenvalue weighted by atomic mass is 17.2. The second-order valence-electron chi connectivity index (χ2n) is 11.9. The summed E-state index contributed by atoms with van der Waals surface area (Å²) in [6.45, 7) is 11.9. The Morgan fingerprint density at radius 2 is 1.72 bits per heavy atom. The van der Waals surface area contributed by atoms with Crippen LogP contribution in [0.1, 0.15) is 79.6 Å². The lowest BCUT2D eigenvalue weighted by Gasteiger charge is -2.69. The molecule has 4 aliphatic carbocycles.